The summed E-state index contributed by atoms with van der Waals surface area (Å²) in [5, 5.41) is 3.44. The second-order valence-corrected chi connectivity index (χ2v) is 4.96. The Morgan fingerprint density at radius 1 is 1.00 bits per heavy atom. The van der Waals surface area contributed by atoms with Crippen LogP contribution in [0.4, 0.5) is 0 Å². The van der Waals surface area contributed by atoms with Crippen LogP contribution in [-0.2, 0) is 6.54 Å². The second-order valence-electron chi connectivity index (χ2n) is 4.96. The van der Waals surface area contributed by atoms with Gasteiger partial charge in [0.25, 0.3) is 0 Å². The largest absolute Gasteiger partial charge is 0.497 e. The van der Waals surface area contributed by atoms with E-state index in [1.54, 1.807) is 7.11 Å². The Kier molecular flexibility index (Phi) is 4.58. The van der Waals surface area contributed by atoms with Gasteiger partial charge in [0.05, 0.1) is 7.11 Å². The van der Waals surface area contributed by atoms with Gasteiger partial charge >= 0.3 is 0 Å². The molecule has 19 heavy (non-hydrogen) atoms. The summed E-state index contributed by atoms with van der Waals surface area (Å²) < 4.78 is 5.18. The van der Waals surface area contributed by atoms with Crippen molar-refractivity contribution in [2.24, 2.45) is 0 Å². The number of hydrogen-bond acceptors (Lipinski definition) is 2. The highest BCUT2D eigenvalue weighted by atomic mass is 16.5. The number of ether oxygens (including phenoxy) is 1. The molecule has 0 atom stereocenters. The molecule has 0 saturated carbocycles. The van der Waals surface area contributed by atoms with E-state index in [9.17, 15) is 0 Å². The van der Waals surface area contributed by atoms with Gasteiger partial charge in [-0.3, -0.25) is 0 Å². The highest BCUT2D eigenvalue weighted by Crippen LogP contribution is 2.23. The van der Waals surface area contributed by atoms with Crippen LogP contribution in [0.5, 0.6) is 5.75 Å². The first-order valence-electron chi connectivity index (χ1n) is 6.66. The first-order valence-corrected chi connectivity index (χ1v) is 6.66. The third-order valence-corrected chi connectivity index (χ3v) is 3.06. The molecule has 0 unspecified atom stereocenters. The van der Waals surface area contributed by atoms with Gasteiger partial charge in [0.15, 0.2) is 0 Å². The van der Waals surface area contributed by atoms with Crippen LogP contribution in [0.15, 0.2) is 48.5 Å². The summed E-state index contributed by atoms with van der Waals surface area (Å²) >= 11 is 0. The maximum Gasteiger partial charge on any atom is 0.118 e. The molecule has 0 bridgehead atoms. The van der Waals surface area contributed by atoms with Gasteiger partial charge in [-0.25, -0.2) is 0 Å². The Bertz CT molecular complexity index is 517. The average Bonchev–Trinajstić information content (AvgIpc) is 2.45. The van der Waals surface area contributed by atoms with Crippen molar-refractivity contribution >= 4 is 0 Å². The molecule has 0 fully saturated rings. The summed E-state index contributed by atoms with van der Waals surface area (Å²) in [5.74, 6) is 0.890. The van der Waals surface area contributed by atoms with Crippen molar-refractivity contribution in [2.75, 3.05) is 7.11 Å². The first-order chi connectivity index (χ1) is 9.19. The van der Waals surface area contributed by atoms with Gasteiger partial charge in [-0.1, -0.05) is 44.2 Å². The van der Waals surface area contributed by atoms with Gasteiger partial charge in [-0.2, -0.15) is 0 Å². The highest BCUT2D eigenvalue weighted by molar-refractivity contribution is 5.64. The number of hydrogen-bond donors (Lipinski definition) is 1. The normalized spacial score (nSPS) is 10.7. The minimum atomic E-state index is 0.504. The van der Waals surface area contributed by atoms with Crippen molar-refractivity contribution in [2.45, 2.75) is 26.4 Å². The molecule has 0 spiro atoms. The molecule has 0 saturated heterocycles. The van der Waals surface area contributed by atoms with E-state index in [4.69, 9.17) is 4.74 Å². The van der Waals surface area contributed by atoms with E-state index in [1.807, 2.05) is 12.1 Å². The van der Waals surface area contributed by atoms with E-state index in [1.165, 1.54) is 16.7 Å². The Balaban J connectivity index is 2.17. The third-order valence-electron chi connectivity index (χ3n) is 3.06. The molecule has 2 rings (SSSR count). The van der Waals surface area contributed by atoms with Crippen molar-refractivity contribution in [1.29, 1.82) is 0 Å². The van der Waals surface area contributed by atoms with E-state index in [0.29, 0.717) is 6.04 Å². The fraction of sp³-hybridized carbons (Fsp3) is 0.294. The summed E-state index contributed by atoms with van der Waals surface area (Å²) in [6.07, 6.45) is 0. The van der Waals surface area contributed by atoms with E-state index in [-0.39, 0.29) is 0 Å². The van der Waals surface area contributed by atoms with Gasteiger partial charge in [-0.05, 0) is 34.9 Å². The lowest BCUT2D eigenvalue weighted by Crippen LogP contribution is -2.21. The second kappa shape index (κ2) is 6.39. The summed E-state index contributed by atoms with van der Waals surface area (Å²) in [6.45, 7) is 5.22. The molecule has 0 aliphatic rings. The SMILES string of the molecule is COc1ccc(-c2cccc(CNC(C)C)c2)cc1. The topological polar surface area (TPSA) is 21.3 Å². The van der Waals surface area contributed by atoms with Crippen LogP contribution in [0.2, 0.25) is 0 Å². The number of benzene rings is 2. The van der Waals surface area contributed by atoms with Crippen molar-refractivity contribution < 1.29 is 4.74 Å². The Morgan fingerprint density at radius 2 is 1.74 bits per heavy atom. The van der Waals surface area contributed by atoms with Crippen LogP contribution in [-0.4, -0.2) is 13.2 Å². The fourth-order valence-corrected chi connectivity index (χ4v) is 1.97. The van der Waals surface area contributed by atoms with E-state index in [2.05, 4.69) is 55.6 Å². The monoisotopic (exact) mass is 255 g/mol. The molecule has 2 aromatic carbocycles. The summed E-state index contributed by atoms with van der Waals surface area (Å²) in [5.41, 5.74) is 3.76. The van der Waals surface area contributed by atoms with Gasteiger partial charge in [0.2, 0.25) is 0 Å². The van der Waals surface area contributed by atoms with Gasteiger partial charge in [0.1, 0.15) is 5.75 Å². The molecule has 0 aliphatic carbocycles. The first kappa shape index (κ1) is 13.6. The van der Waals surface area contributed by atoms with Gasteiger partial charge < -0.3 is 10.1 Å². The summed E-state index contributed by atoms with van der Waals surface area (Å²) in [6, 6.07) is 17.3. The zero-order valence-corrected chi connectivity index (χ0v) is 11.8. The predicted molar refractivity (Wildman–Crippen MR) is 80.4 cm³/mol. The zero-order valence-electron chi connectivity index (χ0n) is 11.8. The maximum absolute atomic E-state index is 5.18. The smallest absolute Gasteiger partial charge is 0.118 e. The van der Waals surface area contributed by atoms with E-state index >= 15 is 0 Å². The Morgan fingerprint density at radius 3 is 2.37 bits per heavy atom. The molecule has 0 aliphatic heterocycles. The van der Waals surface area contributed by atoms with Crippen molar-refractivity contribution in [3.05, 3.63) is 54.1 Å². The average molecular weight is 255 g/mol. The fourth-order valence-electron chi connectivity index (χ4n) is 1.97. The lowest BCUT2D eigenvalue weighted by Gasteiger charge is -2.10. The molecular formula is C17H21NO. The Hall–Kier alpha value is -1.80. The molecule has 0 heterocycles. The van der Waals surface area contributed by atoms with Crippen LogP contribution < -0.4 is 10.1 Å². The number of methoxy groups -OCH3 is 1. The minimum Gasteiger partial charge on any atom is -0.497 e. The van der Waals surface area contributed by atoms with Crippen molar-refractivity contribution in [3.63, 3.8) is 0 Å². The molecule has 2 nitrogen and oxygen atoms in total. The number of nitrogens with one attached hydrogen (secondary N) is 1. The van der Waals surface area contributed by atoms with Crippen molar-refractivity contribution in [1.82, 2.24) is 5.32 Å². The third kappa shape index (κ3) is 3.83. The molecular weight excluding hydrogens is 234 g/mol. The molecule has 2 heteroatoms. The lowest BCUT2D eigenvalue weighted by atomic mass is 10.0. The van der Waals surface area contributed by atoms with Crippen molar-refractivity contribution in [3.8, 4) is 16.9 Å². The molecule has 100 valence electrons. The van der Waals surface area contributed by atoms with Gasteiger partial charge in [-0.15, -0.1) is 0 Å². The van der Waals surface area contributed by atoms with Crippen LogP contribution in [0.25, 0.3) is 11.1 Å². The van der Waals surface area contributed by atoms with Crippen LogP contribution in [0.1, 0.15) is 19.4 Å². The highest BCUT2D eigenvalue weighted by Gasteiger charge is 2.01. The summed E-state index contributed by atoms with van der Waals surface area (Å²) in [4.78, 5) is 0. The lowest BCUT2D eigenvalue weighted by molar-refractivity contribution is 0.415. The molecule has 0 amide bonds. The van der Waals surface area contributed by atoms with Crippen LogP contribution >= 0.6 is 0 Å². The molecule has 0 aromatic heterocycles. The number of rotatable bonds is 5. The Labute approximate surface area is 115 Å². The molecule has 0 radical (unpaired) electrons. The van der Waals surface area contributed by atoms with Gasteiger partial charge in [0, 0.05) is 12.6 Å². The molecule has 2 aromatic rings. The zero-order chi connectivity index (χ0) is 13.7. The van der Waals surface area contributed by atoms with Crippen LogP contribution in [0.3, 0.4) is 0 Å². The quantitative estimate of drug-likeness (QED) is 0.876. The molecule has 1 N–H and O–H groups in total. The minimum absolute atomic E-state index is 0.504. The van der Waals surface area contributed by atoms with E-state index < -0.39 is 0 Å². The van der Waals surface area contributed by atoms with Crippen LogP contribution in [0, 0.1) is 0 Å². The standard InChI is InChI=1S/C17H21NO/c1-13(2)18-12-14-5-4-6-16(11-14)15-7-9-17(19-3)10-8-15/h4-11,13,18H,12H2,1-3H3. The maximum atomic E-state index is 5.18. The predicted octanol–water partition coefficient (Wildman–Crippen LogP) is 3.86. The summed E-state index contributed by atoms with van der Waals surface area (Å²) in [7, 11) is 1.69. The van der Waals surface area contributed by atoms with E-state index in [0.717, 1.165) is 12.3 Å².